The Labute approximate surface area is 164 Å². The summed E-state index contributed by atoms with van der Waals surface area (Å²) in [6.07, 6.45) is 7.71. The van der Waals surface area contributed by atoms with Crippen molar-refractivity contribution in [3.05, 3.63) is 71.4 Å². The number of nitrogens with one attached hydrogen (secondary N) is 1. The number of methoxy groups -OCH3 is 1. The van der Waals surface area contributed by atoms with Crippen LogP contribution in [0, 0.1) is 0 Å². The second-order valence-corrected chi connectivity index (χ2v) is 7.16. The predicted octanol–water partition coefficient (Wildman–Crippen LogP) is 4.39. The van der Waals surface area contributed by atoms with Crippen LogP contribution in [0.1, 0.15) is 54.1 Å². The predicted molar refractivity (Wildman–Crippen MR) is 105 cm³/mol. The van der Waals surface area contributed by atoms with Gasteiger partial charge in [0.2, 0.25) is 0 Å². The van der Waals surface area contributed by atoms with Crippen molar-refractivity contribution < 1.29 is 14.0 Å². The molecule has 2 heterocycles. The number of benzene rings is 1. The Balaban J connectivity index is 1.39. The lowest BCUT2D eigenvalue weighted by Gasteiger charge is -2.17. The summed E-state index contributed by atoms with van der Waals surface area (Å²) in [4.78, 5) is 4.02. The number of aromatic nitrogens is 2. The molecule has 0 spiro atoms. The highest BCUT2D eigenvalue weighted by atomic mass is 16.5. The molecule has 1 fully saturated rings. The molecule has 2 aromatic heterocycles. The molecule has 0 bridgehead atoms. The summed E-state index contributed by atoms with van der Waals surface area (Å²) >= 11 is 0. The quantitative estimate of drug-likeness (QED) is 0.595. The van der Waals surface area contributed by atoms with Crippen LogP contribution in [0.15, 0.2) is 53.5 Å². The second kappa shape index (κ2) is 8.44. The molecule has 1 unspecified atom stereocenters. The monoisotopic (exact) mass is 379 g/mol. The van der Waals surface area contributed by atoms with Crippen molar-refractivity contribution in [1.82, 2.24) is 15.5 Å². The van der Waals surface area contributed by atoms with Gasteiger partial charge in [-0.25, -0.2) is 0 Å². The van der Waals surface area contributed by atoms with E-state index in [4.69, 9.17) is 14.0 Å². The molecule has 0 radical (unpaired) electrons. The van der Waals surface area contributed by atoms with Crippen LogP contribution in [0.2, 0.25) is 0 Å². The first-order valence-corrected chi connectivity index (χ1v) is 9.60. The minimum Gasteiger partial charge on any atom is -0.493 e. The zero-order chi connectivity index (χ0) is 19.3. The van der Waals surface area contributed by atoms with E-state index in [2.05, 4.69) is 28.4 Å². The average molecular weight is 379 g/mol. The van der Waals surface area contributed by atoms with Crippen LogP contribution in [0.5, 0.6) is 11.5 Å². The molecule has 146 valence electrons. The Morgan fingerprint density at radius 2 is 2.00 bits per heavy atom. The van der Waals surface area contributed by atoms with Crippen LogP contribution < -0.4 is 14.8 Å². The minimum atomic E-state index is 0.158. The summed E-state index contributed by atoms with van der Waals surface area (Å²) in [5.41, 5.74) is 4.46. The first-order valence-electron chi connectivity index (χ1n) is 9.60. The molecule has 1 aliphatic carbocycles. The van der Waals surface area contributed by atoms with E-state index in [-0.39, 0.29) is 6.04 Å². The number of ether oxygens (including phenoxy) is 2. The number of hydrogen-bond donors (Lipinski definition) is 1. The van der Waals surface area contributed by atoms with Crippen molar-refractivity contribution in [3.8, 4) is 11.5 Å². The van der Waals surface area contributed by atoms with E-state index in [1.807, 2.05) is 24.3 Å². The highest BCUT2D eigenvalue weighted by Crippen LogP contribution is 2.40. The normalized spacial score (nSPS) is 14.6. The van der Waals surface area contributed by atoms with Gasteiger partial charge < -0.3 is 19.3 Å². The maximum atomic E-state index is 5.92. The summed E-state index contributed by atoms with van der Waals surface area (Å²) < 4.78 is 16.6. The fourth-order valence-corrected chi connectivity index (χ4v) is 3.19. The van der Waals surface area contributed by atoms with Gasteiger partial charge in [-0.1, -0.05) is 11.2 Å². The smallest absolute Gasteiger partial charge is 0.161 e. The molecule has 4 rings (SSSR count). The molecule has 6 nitrogen and oxygen atoms in total. The van der Waals surface area contributed by atoms with Gasteiger partial charge in [-0.3, -0.25) is 4.98 Å². The Morgan fingerprint density at radius 3 is 2.75 bits per heavy atom. The highest BCUT2D eigenvalue weighted by molar-refractivity contribution is 5.44. The molecule has 28 heavy (non-hydrogen) atoms. The number of rotatable bonds is 9. The van der Waals surface area contributed by atoms with E-state index in [0.717, 1.165) is 40.4 Å². The molecule has 0 amide bonds. The van der Waals surface area contributed by atoms with E-state index >= 15 is 0 Å². The Hall–Kier alpha value is -2.86. The summed E-state index contributed by atoms with van der Waals surface area (Å²) in [5, 5.41) is 7.71. The zero-order valence-electron chi connectivity index (χ0n) is 16.2. The van der Waals surface area contributed by atoms with Crippen LogP contribution in [0.4, 0.5) is 0 Å². The van der Waals surface area contributed by atoms with Gasteiger partial charge in [0.25, 0.3) is 0 Å². The maximum Gasteiger partial charge on any atom is 0.161 e. The van der Waals surface area contributed by atoms with E-state index in [1.165, 1.54) is 12.8 Å². The van der Waals surface area contributed by atoms with Crippen LogP contribution in [-0.4, -0.2) is 17.3 Å². The van der Waals surface area contributed by atoms with Gasteiger partial charge in [0.05, 0.1) is 12.8 Å². The minimum absolute atomic E-state index is 0.158. The fraction of sp³-hybridized carbons (Fsp3) is 0.364. The topological polar surface area (TPSA) is 69.4 Å². The van der Waals surface area contributed by atoms with Crippen molar-refractivity contribution >= 4 is 0 Å². The van der Waals surface area contributed by atoms with Crippen LogP contribution >= 0.6 is 0 Å². The number of pyridine rings is 1. The Morgan fingerprint density at radius 1 is 1.18 bits per heavy atom. The summed E-state index contributed by atoms with van der Waals surface area (Å²) in [5.74, 6) is 2.04. The van der Waals surface area contributed by atoms with Gasteiger partial charge in [-0.05, 0) is 55.2 Å². The first kappa shape index (κ1) is 18.5. The highest BCUT2D eigenvalue weighted by Gasteiger charge is 2.29. The summed E-state index contributed by atoms with van der Waals surface area (Å²) in [6, 6.07) is 10.1. The molecule has 1 aliphatic rings. The van der Waals surface area contributed by atoms with Crippen molar-refractivity contribution in [2.75, 3.05) is 7.11 Å². The Bertz CT molecular complexity index is 906. The van der Waals surface area contributed by atoms with Gasteiger partial charge in [-0.15, -0.1) is 0 Å². The van der Waals surface area contributed by atoms with Crippen LogP contribution in [0.3, 0.4) is 0 Å². The molecule has 1 N–H and O–H groups in total. The molecule has 1 aromatic carbocycles. The first-order chi connectivity index (χ1) is 13.7. The third kappa shape index (κ3) is 4.34. The largest absolute Gasteiger partial charge is 0.493 e. The van der Waals surface area contributed by atoms with Gasteiger partial charge in [0.15, 0.2) is 11.5 Å². The lowest BCUT2D eigenvalue weighted by Crippen LogP contribution is -2.18. The van der Waals surface area contributed by atoms with Gasteiger partial charge >= 0.3 is 0 Å². The molecular formula is C22H25N3O3. The SMILES string of the molecule is COc1cc(C(C)NCc2conc2C2CC2)ccc1OCc1ccncc1. The lowest BCUT2D eigenvalue weighted by molar-refractivity contribution is 0.284. The number of hydrogen-bond acceptors (Lipinski definition) is 6. The molecule has 0 aliphatic heterocycles. The standard InChI is InChI=1S/C22H25N3O3/c1-15(24-12-19-14-28-25-22(19)17-3-4-17)18-5-6-20(21(11-18)26-2)27-13-16-7-9-23-10-8-16/h5-11,14-15,17,24H,3-4,12-13H2,1-2H3. The maximum absolute atomic E-state index is 5.92. The van der Waals surface area contributed by atoms with Crippen molar-refractivity contribution in [3.63, 3.8) is 0 Å². The third-order valence-electron chi connectivity index (χ3n) is 5.07. The Kier molecular flexibility index (Phi) is 5.58. The second-order valence-electron chi connectivity index (χ2n) is 7.16. The molecular weight excluding hydrogens is 354 g/mol. The summed E-state index contributed by atoms with van der Waals surface area (Å²) in [6.45, 7) is 3.35. The van der Waals surface area contributed by atoms with Crippen molar-refractivity contribution in [1.29, 1.82) is 0 Å². The van der Waals surface area contributed by atoms with E-state index in [9.17, 15) is 0 Å². The molecule has 1 saturated carbocycles. The molecule has 6 heteroatoms. The van der Waals surface area contributed by atoms with Crippen molar-refractivity contribution in [2.45, 2.75) is 44.9 Å². The van der Waals surface area contributed by atoms with E-state index < -0.39 is 0 Å². The number of nitrogens with zero attached hydrogens (tertiary/aromatic N) is 2. The molecule has 3 aromatic rings. The van der Waals surface area contributed by atoms with Gasteiger partial charge in [0, 0.05) is 36.5 Å². The average Bonchev–Trinajstić information content (AvgIpc) is 3.48. The lowest BCUT2D eigenvalue weighted by atomic mass is 10.1. The fourth-order valence-electron chi connectivity index (χ4n) is 3.19. The van der Waals surface area contributed by atoms with Crippen molar-refractivity contribution in [2.24, 2.45) is 0 Å². The van der Waals surface area contributed by atoms with Gasteiger partial charge in [-0.2, -0.15) is 0 Å². The van der Waals surface area contributed by atoms with Crippen LogP contribution in [0.25, 0.3) is 0 Å². The third-order valence-corrected chi connectivity index (χ3v) is 5.07. The zero-order valence-corrected chi connectivity index (χ0v) is 16.2. The van der Waals surface area contributed by atoms with E-state index in [1.54, 1.807) is 25.8 Å². The van der Waals surface area contributed by atoms with Crippen LogP contribution in [-0.2, 0) is 13.2 Å². The summed E-state index contributed by atoms with van der Waals surface area (Å²) in [7, 11) is 1.66. The molecule has 0 saturated heterocycles. The molecule has 1 atom stereocenters. The van der Waals surface area contributed by atoms with Gasteiger partial charge in [0.1, 0.15) is 12.9 Å². The van der Waals surface area contributed by atoms with E-state index in [0.29, 0.717) is 12.5 Å².